The van der Waals surface area contributed by atoms with Gasteiger partial charge in [-0.3, -0.25) is 0 Å². The molecule has 0 atom stereocenters. The van der Waals surface area contributed by atoms with Crippen LogP contribution < -0.4 is 15.9 Å². The second-order valence-electron chi connectivity index (χ2n) is 4.76. The molecule has 0 saturated carbocycles. The Morgan fingerprint density at radius 2 is 0.700 bits per heavy atom. The summed E-state index contributed by atoms with van der Waals surface area (Å²) in [6.07, 6.45) is 0. The fourth-order valence-corrected chi connectivity index (χ4v) is 9.53. The van der Waals surface area contributed by atoms with Gasteiger partial charge in [-0.1, -0.05) is 0 Å². The van der Waals surface area contributed by atoms with Gasteiger partial charge in [0.25, 0.3) is 0 Å². The first-order chi connectivity index (χ1) is 9.82. The van der Waals surface area contributed by atoms with Gasteiger partial charge in [0, 0.05) is 0 Å². The summed E-state index contributed by atoms with van der Waals surface area (Å²) in [5.74, 6) is 0. The molecule has 0 aromatic heterocycles. The second-order valence-corrected chi connectivity index (χ2v) is 13.9. The summed E-state index contributed by atoms with van der Waals surface area (Å²) in [6, 6.07) is 32.9. The Morgan fingerprint density at radius 3 is 0.950 bits per heavy atom. The van der Waals surface area contributed by atoms with E-state index in [0.717, 1.165) is 0 Å². The molecule has 0 amide bonds. The van der Waals surface area contributed by atoms with Crippen LogP contribution in [0.25, 0.3) is 0 Å². The van der Waals surface area contributed by atoms with Crippen molar-refractivity contribution in [3.05, 3.63) is 91.0 Å². The van der Waals surface area contributed by atoms with Crippen LogP contribution in [0.3, 0.4) is 0 Å². The molecule has 2 heteroatoms. The maximum atomic E-state index is 2.28. The third-order valence-corrected chi connectivity index (χ3v) is 14.0. The molecule has 0 spiro atoms. The molecule has 0 aliphatic heterocycles. The Morgan fingerprint density at radius 1 is 0.450 bits per heavy atom. The summed E-state index contributed by atoms with van der Waals surface area (Å²) in [5, 5.41) is 4.44. The first kappa shape index (κ1) is 13.7. The van der Waals surface area contributed by atoms with E-state index in [1.54, 1.807) is 0 Å². The molecule has 0 radical (unpaired) electrons. The van der Waals surface area contributed by atoms with E-state index >= 15 is 0 Å². The third-order valence-electron chi connectivity index (χ3n) is 3.51. The molecule has 0 fully saturated rings. The number of hydrogen-bond acceptors (Lipinski definition) is 0. The number of benzene rings is 3. The van der Waals surface area contributed by atoms with Gasteiger partial charge in [0.05, 0.1) is 0 Å². The van der Waals surface area contributed by atoms with E-state index in [4.69, 9.17) is 0 Å². The zero-order chi connectivity index (χ0) is 13.8. The molecule has 0 bridgehead atoms. The summed E-state index contributed by atoms with van der Waals surface area (Å²) < 4.78 is 0. The Bertz CT molecular complexity index is 569. The molecule has 3 aromatic rings. The molecular formula is C18H16PRe. The van der Waals surface area contributed by atoms with Crippen LogP contribution in [0.1, 0.15) is 0 Å². The van der Waals surface area contributed by atoms with E-state index in [1.807, 2.05) is 18.7 Å². The first-order valence-corrected chi connectivity index (χ1v) is 12.6. The fourth-order valence-electron chi connectivity index (χ4n) is 2.50. The van der Waals surface area contributed by atoms with Crippen molar-refractivity contribution in [2.45, 2.75) is 0 Å². The van der Waals surface area contributed by atoms with Crippen LogP contribution in [0, 0.1) is 0 Å². The summed E-state index contributed by atoms with van der Waals surface area (Å²) in [4.78, 5) is 0. The molecule has 0 unspecified atom stereocenters. The van der Waals surface area contributed by atoms with Gasteiger partial charge in [0.1, 0.15) is 0 Å². The summed E-state index contributed by atoms with van der Waals surface area (Å²) in [5.41, 5.74) is -1.82. The Hall–Kier alpha value is -1.25. The zero-order valence-corrected chi connectivity index (χ0v) is 14.8. The van der Waals surface area contributed by atoms with Crippen molar-refractivity contribution in [1.29, 1.82) is 0 Å². The van der Waals surface area contributed by atoms with Gasteiger partial charge >= 0.3 is 131 Å². The van der Waals surface area contributed by atoms with Crippen molar-refractivity contribution in [3.8, 4) is 0 Å². The van der Waals surface area contributed by atoms with Crippen LogP contribution in [-0.2, 0) is 18.7 Å². The molecule has 0 nitrogen and oxygen atoms in total. The molecule has 20 heavy (non-hydrogen) atoms. The third kappa shape index (κ3) is 2.50. The standard InChI is InChI=1S/C18H15P.Re/c1-4-10-16(11-5-1)19(17-12-6-2-7-13-17)18-14-8-3-9-15-18;/h1-15H;/q;-1/p+1. The molecule has 3 aromatic carbocycles. The Balaban J connectivity index is 2.24. The van der Waals surface area contributed by atoms with Crippen LogP contribution >= 0.6 is 5.45 Å². The molecule has 0 aliphatic rings. The average molecular weight is 450 g/mol. The van der Waals surface area contributed by atoms with Gasteiger partial charge in [-0.2, -0.15) is 0 Å². The van der Waals surface area contributed by atoms with Crippen LogP contribution in [0.15, 0.2) is 91.0 Å². The maximum absolute atomic E-state index is 2.28. The molecular weight excluding hydrogens is 433 g/mol. The minimum absolute atomic E-state index is 1.48. The Kier molecular flexibility index (Phi) is 4.13. The quantitative estimate of drug-likeness (QED) is 0.539. The predicted molar refractivity (Wildman–Crippen MR) is 86.5 cm³/mol. The van der Waals surface area contributed by atoms with Crippen molar-refractivity contribution in [3.63, 3.8) is 0 Å². The normalized spacial score (nSPS) is 12.1. The van der Waals surface area contributed by atoms with E-state index in [-0.39, 0.29) is 0 Å². The van der Waals surface area contributed by atoms with E-state index < -0.39 is 5.45 Å². The topological polar surface area (TPSA) is 0 Å². The van der Waals surface area contributed by atoms with Gasteiger partial charge < -0.3 is 0 Å². The summed E-state index contributed by atoms with van der Waals surface area (Å²) in [7, 11) is 0. The van der Waals surface area contributed by atoms with E-state index in [1.165, 1.54) is 15.9 Å². The van der Waals surface area contributed by atoms with Crippen LogP contribution in [0.5, 0.6) is 0 Å². The predicted octanol–water partition coefficient (Wildman–Crippen LogP) is 3.17. The number of rotatable bonds is 3. The zero-order valence-electron chi connectivity index (χ0n) is 11.0. The molecule has 0 aliphatic carbocycles. The van der Waals surface area contributed by atoms with E-state index in [2.05, 4.69) is 91.0 Å². The fraction of sp³-hybridized carbons (Fsp3) is 0. The van der Waals surface area contributed by atoms with Crippen LogP contribution in [-0.4, -0.2) is 0 Å². The SMILES string of the molecule is [Re][PH](c1ccccc1)(c1ccccc1)c1ccccc1. The first-order valence-electron chi connectivity index (χ1n) is 6.67. The van der Waals surface area contributed by atoms with Crippen molar-refractivity contribution in [2.24, 2.45) is 0 Å². The molecule has 0 N–H and O–H groups in total. The van der Waals surface area contributed by atoms with E-state index in [9.17, 15) is 0 Å². The summed E-state index contributed by atoms with van der Waals surface area (Å²) >= 11 is 1.93. The van der Waals surface area contributed by atoms with Crippen molar-refractivity contribution in [1.82, 2.24) is 0 Å². The molecule has 0 heterocycles. The van der Waals surface area contributed by atoms with E-state index in [0.29, 0.717) is 0 Å². The monoisotopic (exact) mass is 450 g/mol. The van der Waals surface area contributed by atoms with Crippen molar-refractivity contribution < 1.29 is 18.7 Å². The second kappa shape index (κ2) is 6.03. The molecule has 100 valence electrons. The minimum atomic E-state index is -1.82. The summed E-state index contributed by atoms with van der Waals surface area (Å²) in [6.45, 7) is 0. The van der Waals surface area contributed by atoms with Crippen LogP contribution in [0.2, 0.25) is 0 Å². The van der Waals surface area contributed by atoms with Crippen molar-refractivity contribution >= 4 is 21.4 Å². The number of hydrogen-bond donors (Lipinski definition) is 0. The van der Waals surface area contributed by atoms with Gasteiger partial charge in [-0.25, -0.2) is 0 Å². The van der Waals surface area contributed by atoms with Crippen molar-refractivity contribution in [2.75, 3.05) is 0 Å². The van der Waals surface area contributed by atoms with Gasteiger partial charge in [-0.15, -0.1) is 0 Å². The van der Waals surface area contributed by atoms with Gasteiger partial charge in [-0.05, 0) is 0 Å². The Labute approximate surface area is 131 Å². The molecule has 3 rings (SSSR count). The molecule has 0 saturated heterocycles. The van der Waals surface area contributed by atoms with Gasteiger partial charge in [0.2, 0.25) is 0 Å². The van der Waals surface area contributed by atoms with Gasteiger partial charge in [0.15, 0.2) is 0 Å². The average Bonchev–Trinajstić information content (AvgIpc) is 2.56. The van der Waals surface area contributed by atoms with Crippen LogP contribution in [0.4, 0.5) is 0 Å².